The molecule has 6 heteroatoms. The van der Waals surface area contributed by atoms with Gasteiger partial charge in [0.2, 0.25) is 0 Å². The van der Waals surface area contributed by atoms with Gasteiger partial charge in [-0.2, -0.15) is 0 Å². The average molecular weight is 358 g/mol. The summed E-state index contributed by atoms with van der Waals surface area (Å²) in [5.74, 6) is 1.17. The van der Waals surface area contributed by atoms with Gasteiger partial charge in [-0.1, -0.05) is 57.2 Å². The van der Waals surface area contributed by atoms with Gasteiger partial charge in [0.05, 0.1) is 0 Å². The third kappa shape index (κ3) is 5.11. The molecule has 0 aliphatic carbocycles. The molecule has 25 heavy (non-hydrogen) atoms. The Morgan fingerprint density at radius 3 is 2.16 bits per heavy atom. The van der Waals surface area contributed by atoms with Gasteiger partial charge in [0.15, 0.2) is 5.75 Å². The predicted octanol–water partition coefficient (Wildman–Crippen LogP) is 3.33. The summed E-state index contributed by atoms with van der Waals surface area (Å²) in [7, 11) is -3.58. The number of ether oxygens (including phenoxy) is 1. The molecule has 0 amide bonds. The van der Waals surface area contributed by atoms with Gasteiger partial charge in [-0.05, 0) is 41.3 Å². The van der Waals surface area contributed by atoms with Crippen LogP contribution < -0.4 is 14.6 Å². The van der Waals surface area contributed by atoms with E-state index in [1.807, 2.05) is 30.3 Å². The van der Waals surface area contributed by atoms with Gasteiger partial charge in [0, 0.05) is 0 Å². The molecular formula is C19H27BO4Si. The lowest BCUT2D eigenvalue weighted by Gasteiger charge is -2.36. The molecule has 0 spiro atoms. The summed E-state index contributed by atoms with van der Waals surface area (Å²) in [5, 5.41) is 19.0. The van der Waals surface area contributed by atoms with Gasteiger partial charge in [-0.15, -0.1) is 0 Å². The van der Waals surface area contributed by atoms with Crippen molar-refractivity contribution in [2.75, 3.05) is 0 Å². The van der Waals surface area contributed by atoms with Crippen molar-refractivity contribution in [3.63, 3.8) is 0 Å². The second-order valence-electron chi connectivity index (χ2n) is 7.72. The molecule has 0 saturated heterocycles. The third-order valence-electron chi connectivity index (χ3n) is 4.67. The average Bonchev–Trinajstić information content (AvgIpc) is 2.53. The maximum absolute atomic E-state index is 9.45. The van der Waals surface area contributed by atoms with Crippen molar-refractivity contribution in [3.8, 4) is 11.5 Å². The molecule has 2 aromatic carbocycles. The van der Waals surface area contributed by atoms with Gasteiger partial charge in [0.25, 0.3) is 8.32 Å². The summed E-state index contributed by atoms with van der Waals surface area (Å²) in [5.41, 5.74) is 1.42. The van der Waals surface area contributed by atoms with Gasteiger partial charge in [0.1, 0.15) is 12.4 Å². The predicted molar refractivity (Wildman–Crippen MR) is 105 cm³/mol. The normalized spacial score (nSPS) is 12.0. The van der Waals surface area contributed by atoms with E-state index in [9.17, 15) is 10.0 Å². The lowest BCUT2D eigenvalue weighted by Crippen LogP contribution is -2.44. The van der Waals surface area contributed by atoms with Crippen LogP contribution in [0.15, 0.2) is 48.5 Å². The monoisotopic (exact) mass is 358 g/mol. The summed E-state index contributed by atoms with van der Waals surface area (Å²) >= 11 is 0. The highest BCUT2D eigenvalue weighted by Crippen LogP contribution is 2.39. The van der Waals surface area contributed by atoms with Crippen LogP contribution >= 0.6 is 0 Å². The van der Waals surface area contributed by atoms with Crippen LogP contribution in [0.5, 0.6) is 11.5 Å². The van der Waals surface area contributed by atoms with Crippen LogP contribution in [-0.2, 0) is 6.61 Å². The topological polar surface area (TPSA) is 58.9 Å². The Labute approximate surface area is 151 Å². The fraction of sp³-hybridized carbons (Fsp3) is 0.368. The number of rotatable bonds is 6. The number of benzene rings is 2. The third-order valence-corrected chi connectivity index (χ3v) is 9.02. The molecule has 2 rings (SSSR count). The minimum atomic E-state index is -2.04. The van der Waals surface area contributed by atoms with E-state index in [0.717, 1.165) is 5.56 Å². The molecular weight excluding hydrogens is 331 g/mol. The Balaban J connectivity index is 2.29. The number of hydrogen-bond acceptors (Lipinski definition) is 4. The highest BCUT2D eigenvalue weighted by molar-refractivity contribution is 6.74. The van der Waals surface area contributed by atoms with Crippen LogP contribution in [0.2, 0.25) is 18.1 Å². The van der Waals surface area contributed by atoms with Crippen molar-refractivity contribution < 1.29 is 19.2 Å². The van der Waals surface area contributed by atoms with Crippen molar-refractivity contribution in [1.29, 1.82) is 0 Å². The molecule has 0 heterocycles. The molecule has 0 unspecified atom stereocenters. The van der Waals surface area contributed by atoms with Crippen LogP contribution in [0.3, 0.4) is 0 Å². The molecule has 0 aromatic heterocycles. The summed E-state index contributed by atoms with van der Waals surface area (Å²) in [6.45, 7) is 11.3. The Hall–Kier alpha value is -1.76. The fourth-order valence-electron chi connectivity index (χ4n) is 2.05. The maximum Gasteiger partial charge on any atom is 0.488 e. The second kappa shape index (κ2) is 7.64. The lowest BCUT2D eigenvalue weighted by molar-refractivity contribution is 0.294. The molecule has 0 radical (unpaired) electrons. The first kappa shape index (κ1) is 19.6. The SMILES string of the molecule is CC(C)(C)[Si](C)(C)Oc1ccc(B(O)O)cc1OCc1ccccc1. The molecule has 2 aromatic rings. The summed E-state index contributed by atoms with van der Waals surface area (Å²) in [4.78, 5) is 0. The van der Waals surface area contributed by atoms with E-state index < -0.39 is 15.4 Å². The van der Waals surface area contributed by atoms with Crippen molar-refractivity contribution in [3.05, 3.63) is 54.1 Å². The maximum atomic E-state index is 9.45. The van der Waals surface area contributed by atoms with E-state index in [1.165, 1.54) is 0 Å². The zero-order valence-corrected chi connectivity index (χ0v) is 16.6. The Morgan fingerprint density at radius 2 is 1.60 bits per heavy atom. The molecule has 0 bridgehead atoms. The van der Waals surface area contributed by atoms with Crippen molar-refractivity contribution >= 4 is 20.9 Å². The van der Waals surface area contributed by atoms with Crippen molar-refractivity contribution in [2.24, 2.45) is 0 Å². The van der Waals surface area contributed by atoms with E-state index in [0.29, 0.717) is 23.6 Å². The van der Waals surface area contributed by atoms with E-state index in [-0.39, 0.29) is 5.04 Å². The van der Waals surface area contributed by atoms with E-state index in [4.69, 9.17) is 9.16 Å². The zero-order chi connectivity index (χ0) is 18.7. The molecule has 0 saturated carbocycles. The van der Waals surface area contributed by atoms with Crippen LogP contribution in [0, 0.1) is 0 Å². The van der Waals surface area contributed by atoms with Crippen LogP contribution in [0.4, 0.5) is 0 Å². The Kier molecular flexibility index (Phi) is 5.98. The van der Waals surface area contributed by atoms with E-state index >= 15 is 0 Å². The van der Waals surface area contributed by atoms with E-state index in [2.05, 4.69) is 33.9 Å². The molecule has 4 nitrogen and oxygen atoms in total. The standard InChI is InChI=1S/C19H27BO4Si/c1-19(2,3)25(4,5)24-17-12-11-16(20(21)22)13-18(17)23-14-15-9-7-6-8-10-15/h6-13,21-22H,14H2,1-5H3. The largest absolute Gasteiger partial charge is 0.541 e. The van der Waals surface area contributed by atoms with Gasteiger partial charge >= 0.3 is 7.12 Å². The number of hydrogen-bond donors (Lipinski definition) is 2. The first-order chi connectivity index (χ1) is 11.6. The minimum Gasteiger partial charge on any atom is -0.541 e. The quantitative estimate of drug-likeness (QED) is 0.778. The summed E-state index contributed by atoms with van der Waals surface area (Å²) in [6.07, 6.45) is 0. The Bertz CT molecular complexity index is 696. The summed E-state index contributed by atoms with van der Waals surface area (Å²) in [6, 6.07) is 14.9. The van der Waals surface area contributed by atoms with Gasteiger partial charge in [-0.25, -0.2) is 0 Å². The molecule has 2 N–H and O–H groups in total. The van der Waals surface area contributed by atoms with Crippen molar-refractivity contribution in [1.82, 2.24) is 0 Å². The molecule has 0 fully saturated rings. The molecule has 0 aliphatic heterocycles. The minimum absolute atomic E-state index is 0.0544. The van der Waals surface area contributed by atoms with Gasteiger partial charge in [-0.3, -0.25) is 0 Å². The van der Waals surface area contributed by atoms with E-state index in [1.54, 1.807) is 18.2 Å². The first-order valence-corrected chi connectivity index (χ1v) is 11.4. The molecule has 0 aliphatic rings. The highest BCUT2D eigenvalue weighted by atomic mass is 28.4. The summed E-state index contributed by atoms with van der Waals surface area (Å²) < 4.78 is 12.3. The van der Waals surface area contributed by atoms with Crippen LogP contribution in [-0.4, -0.2) is 25.5 Å². The van der Waals surface area contributed by atoms with Crippen LogP contribution in [0.25, 0.3) is 0 Å². The lowest BCUT2D eigenvalue weighted by atomic mass is 9.80. The fourth-order valence-corrected chi connectivity index (χ4v) is 3.07. The zero-order valence-electron chi connectivity index (χ0n) is 15.6. The van der Waals surface area contributed by atoms with Crippen molar-refractivity contribution in [2.45, 2.75) is 45.5 Å². The smallest absolute Gasteiger partial charge is 0.488 e. The first-order valence-electron chi connectivity index (χ1n) is 8.46. The highest BCUT2D eigenvalue weighted by Gasteiger charge is 2.39. The van der Waals surface area contributed by atoms with Gasteiger partial charge < -0.3 is 19.2 Å². The molecule has 134 valence electrons. The Morgan fingerprint density at radius 1 is 0.960 bits per heavy atom. The molecule has 0 atom stereocenters. The second-order valence-corrected chi connectivity index (χ2v) is 12.4. The van der Waals surface area contributed by atoms with Crippen LogP contribution in [0.1, 0.15) is 26.3 Å².